The highest BCUT2D eigenvalue weighted by molar-refractivity contribution is 6.14. The minimum absolute atomic E-state index is 0.221. The zero-order valence-electron chi connectivity index (χ0n) is 19.1. The third-order valence-electron chi connectivity index (χ3n) is 8.58. The molecule has 180 valence electrons. The fourth-order valence-corrected chi connectivity index (χ4v) is 6.78. The normalized spacial score (nSPS) is 40.4. The van der Waals surface area contributed by atoms with Crippen molar-refractivity contribution in [3.05, 3.63) is 0 Å². The molecule has 0 spiro atoms. The second-order valence-corrected chi connectivity index (χ2v) is 9.94. The van der Waals surface area contributed by atoms with Gasteiger partial charge in [0.15, 0.2) is 0 Å². The first-order valence-electron chi connectivity index (χ1n) is 11.2. The van der Waals surface area contributed by atoms with Crippen molar-refractivity contribution in [2.45, 2.75) is 12.8 Å². The van der Waals surface area contributed by atoms with Crippen molar-refractivity contribution in [2.75, 3.05) is 28.2 Å². The smallest absolute Gasteiger partial charge is 0.233 e. The molecule has 8 unspecified atom stereocenters. The maximum atomic E-state index is 13.2. The van der Waals surface area contributed by atoms with Gasteiger partial charge in [-0.25, -0.2) is 0 Å². The lowest BCUT2D eigenvalue weighted by Crippen LogP contribution is -2.59. The molecule has 5 fully saturated rings. The predicted molar refractivity (Wildman–Crippen MR) is 108 cm³/mol. The molecule has 4 aliphatic heterocycles. The van der Waals surface area contributed by atoms with E-state index in [0.29, 0.717) is 0 Å². The number of likely N-dealkylation sites (tertiary alicyclic amines) is 4. The first-order valence-corrected chi connectivity index (χ1v) is 11.2. The topological polar surface area (TPSA) is 150 Å². The largest absolute Gasteiger partial charge is 0.285 e. The van der Waals surface area contributed by atoms with Crippen LogP contribution in [-0.4, -0.2) is 95.0 Å². The first-order chi connectivity index (χ1) is 15.9. The highest BCUT2D eigenvalue weighted by atomic mass is 16.2. The molecule has 8 amide bonds. The van der Waals surface area contributed by atoms with E-state index in [0.717, 1.165) is 19.6 Å². The zero-order chi connectivity index (χ0) is 25.0. The van der Waals surface area contributed by atoms with Crippen LogP contribution in [-0.2, 0) is 38.4 Å². The summed E-state index contributed by atoms with van der Waals surface area (Å²) in [6, 6.07) is 0. The SMILES string of the molecule is CN1C(=O)C2CC(C1=O)C1C(=O)N(C)C(=O)C1C1CC(C(=O)N(C)C1=O)C1C(=O)N(C)C(=O)C21. The van der Waals surface area contributed by atoms with Gasteiger partial charge in [0.25, 0.3) is 0 Å². The number of nitrogens with zero attached hydrogens (tertiary/aromatic N) is 4. The Balaban J connectivity index is 1.76. The lowest BCUT2D eigenvalue weighted by molar-refractivity contribution is -0.169. The van der Waals surface area contributed by atoms with Gasteiger partial charge in [-0.05, 0) is 12.8 Å². The summed E-state index contributed by atoms with van der Waals surface area (Å²) in [4.78, 5) is 109. The second-order valence-electron chi connectivity index (χ2n) is 9.94. The zero-order valence-corrected chi connectivity index (χ0v) is 19.1. The van der Waals surface area contributed by atoms with Gasteiger partial charge in [0.1, 0.15) is 0 Å². The third kappa shape index (κ3) is 2.53. The minimum Gasteiger partial charge on any atom is -0.285 e. The van der Waals surface area contributed by atoms with E-state index in [1.54, 1.807) is 0 Å². The van der Waals surface area contributed by atoms with E-state index in [1.807, 2.05) is 0 Å². The Hall–Kier alpha value is -3.44. The number of imide groups is 4. The molecule has 12 nitrogen and oxygen atoms in total. The first kappa shape index (κ1) is 22.4. The molecule has 1 aliphatic carbocycles. The van der Waals surface area contributed by atoms with Gasteiger partial charge >= 0.3 is 0 Å². The maximum absolute atomic E-state index is 13.2. The quantitative estimate of drug-likeness (QED) is 0.358. The molecule has 5 aliphatic rings. The number of carbonyl (C=O) groups excluding carboxylic acids is 8. The van der Waals surface area contributed by atoms with Crippen LogP contribution in [0.3, 0.4) is 0 Å². The summed E-state index contributed by atoms with van der Waals surface area (Å²) >= 11 is 0. The molecule has 4 saturated heterocycles. The molecule has 0 radical (unpaired) electrons. The van der Waals surface area contributed by atoms with E-state index in [4.69, 9.17) is 0 Å². The summed E-state index contributed by atoms with van der Waals surface area (Å²) in [6.45, 7) is 0. The van der Waals surface area contributed by atoms with Crippen molar-refractivity contribution in [3.8, 4) is 0 Å². The van der Waals surface area contributed by atoms with Gasteiger partial charge < -0.3 is 0 Å². The fraction of sp³-hybridized carbons (Fsp3) is 0.636. The van der Waals surface area contributed by atoms with Gasteiger partial charge in [-0.3, -0.25) is 58.0 Å². The van der Waals surface area contributed by atoms with Gasteiger partial charge in [0.2, 0.25) is 47.3 Å². The molecule has 0 aromatic rings. The Morgan fingerprint density at radius 1 is 0.382 bits per heavy atom. The van der Waals surface area contributed by atoms with Gasteiger partial charge in [0, 0.05) is 28.2 Å². The number of hydrogen-bond acceptors (Lipinski definition) is 8. The Morgan fingerprint density at radius 2 is 0.559 bits per heavy atom. The molecule has 4 bridgehead atoms. The summed E-state index contributed by atoms with van der Waals surface area (Å²) in [5.41, 5.74) is 0. The van der Waals surface area contributed by atoms with Crippen LogP contribution in [0.1, 0.15) is 12.8 Å². The van der Waals surface area contributed by atoms with E-state index < -0.39 is 94.6 Å². The molecule has 0 aromatic carbocycles. The highest BCUT2D eigenvalue weighted by Gasteiger charge is 2.66. The van der Waals surface area contributed by atoms with E-state index in [2.05, 4.69) is 0 Å². The summed E-state index contributed by atoms with van der Waals surface area (Å²) in [7, 11) is 5.02. The average molecular weight is 472 g/mol. The predicted octanol–water partition coefficient (Wildman–Crippen LogP) is -2.30. The van der Waals surface area contributed by atoms with E-state index in [9.17, 15) is 38.4 Å². The number of carbonyl (C=O) groups is 8. The summed E-state index contributed by atoms with van der Waals surface area (Å²) in [6.07, 6.45) is -0.441. The number of amides is 8. The van der Waals surface area contributed by atoms with Crippen LogP contribution in [0.5, 0.6) is 0 Å². The summed E-state index contributed by atoms with van der Waals surface area (Å²) in [5, 5.41) is 0. The van der Waals surface area contributed by atoms with Crippen LogP contribution < -0.4 is 0 Å². The Labute approximate surface area is 194 Å². The van der Waals surface area contributed by atoms with Gasteiger partial charge in [-0.15, -0.1) is 0 Å². The van der Waals surface area contributed by atoms with Gasteiger partial charge in [-0.2, -0.15) is 0 Å². The Morgan fingerprint density at radius 3 is 0.765 bits per heavy atom. The minimum atomic E-state index is -1.21. The fourth-order valence-electron chi connectivity index (χ4n) is 6.78. The highest BCUT2D eigenvalue weighted by Crippen LogP contribution is 2.52. The van der Waals surface area contributed by atoms with Crippen LogP contribution >= 0.6 is 0 Å². The molecule has 4 heterocycles. The molecule has 12 heteroatoms. The van der Waals surface area contributed by atoms with Gasteiger partial charge in [0.05, 0.1) is 47.3 Å². The maximum Gasteiger partial charge on any atom is 0.233 e. The van der Waals surface area contributed by atoms with Crippen LogP contribution in [0.4, 0.5) is 0 Å². The van der Waals surface area contributed by atoms with Crippen LogP contribution in [0.15, 0.2) is 0 Å². The van der Waals surface area contributed by atoms with Crippen LogP contribution in [0.2, 0.25) is 0 Å². The van der Waals surface area contributed by atoms with E-state index in [-0.39, 0.29) is 12.8 Å². The molecule has 0 N–H and O–H groups in total. The Bertz CT molecular complexity index is 950. The molecule has 8 atom stereocenters. The molecule has 34 heavy (non-hydrogen) atoms. The van der Waals surface area contributed by atoms with E-state index >= 15 is 0 Å². The second kappa shape index (κ2) is 7.03. The molecular formula is C22H24N4O8. The molecule has 1 saturated carbocycles. The molecule has 0 aromatic heterocycles. The summed E-state index contributed by atoms with van der Waals surface area (Å²) in [5.74, 6) is -14.5. The molecule has 5 rings (SSSR count). The monoisotopic (exact) mass is 472 g/mol. The van der Waals surface area contributed by atoms with Crippen molar-refractivity contribution in [1.82, 2.24) is 19.6 Å². The van der Waals surface area contributed by atoms with Crippen molar-refractivity contribution >= 4 is 47.3 Å². The van der Waals surface area contributed by atoms with Crippen LogP contribution in [0.25, 0.3) is 0 Å². The summed E-state index contributed by atoms with van der Waals surface area (Å²) < 4.78 is 0. The number of fused-ring (bicyclic) bond motifs is 10. The van der Waals surface area contributed by atoms with Gasteiger partial charge in [-0.1, -0.05) is 0 Å². The standard InChI is InChI=1S/C22H24N4O8/c1-23-15(27)7-5-8(16(23)28)12-14(22(34)26(4)20(12)32)10-6-9(17(29)24(2)18(10)30)13-11(7)19(31)25(3)21(13)33/h7-14H,5-6H2,1-4H3. The number of piperidine rings is 2. The van der Waals surface area contributed by atoms with Crippen molar-refractivity contribution in [3.63, 3.8) is 0 Å². The van der Waals surface area contributed by atoms with Crippen molar-refractivity contribution in [2.24, 2.45) is 47.3 Å². The lowest BCUT2D eigenvalue weighted by Gasteiger charge is -2.45. The van der Waals surface area contributed by atoms with Crippen molar-refractivity contribution < 1.29 is 38.4 Å². The van der Waals surface area contributed by atoms with E-state index in [1.165, 1.54) is 28.2 Å². The lowest BCUT2D eigenvalue weighted by atomic mass is 9.61. The Kier molecular flexibility index (Phi) is 4.62. The van der Waals surface area contributed by atoms with Crippen molar-refractivity contribution in [1.29, 1.82) is 0 Å². The molecular weight excluding hydrogens is 448 g/mol. The number of rotatable bonds is 0. The average Bonchev–Trinajstić information content (AvgIpc) is 3.16. The number of hydrogen-bond donors (Lipinski definition) is 0. The van der Waals surface area contributed by atoms with Crippen LogP contribution in [0, 0.1) is 47.3 Å². The third-order valence-corrected chi connectivity index (χ3v) is 8.58.